The number of pyridine rings is 1. The minimum atomic E-state index is 0.00729. The third-order valence-electron chi connectivity index (χ3n) is 3.55. The number of rotatable bonds is 6. The van der Waals surface area contributed by atoms with Gasteiger partial charge in [0.15, 0.2) is 11.5 Å². The molecule has 1 aliphatic rings. The van der Waals surface area contributed by atoms with Crippen molar-refractivity contribution in [3.63, 3.8) is 0 Å². The Bertz CT molecular complexity index is 714. The Morgan fingerprint density at radius 1 is 1.21 bits per heavy atom. The summed E-state index contributed by atoms with van der Waals surface area (Å²) in [7, 11) is 0. The molecule has 2 aromatic rings. The number of carbonyl (C=O) groups excluding carboxylic acids is 1. The van der Waals surface area contributed by atoms with Crippen molar-refractivity contribution in [2.24, 2.45) is 5.92 Å². The van der Waals surface area contributed by atoms with Crippen LogP contribution in [0.4, 0.5) is 11.5 Å². The highest BCUT2D eigenvalue weighted by atomic mass is 16.7. The molecule has 0 radical (unpaired) electrons. The summed E-state index contributed by atoms with van der Waals surface area (Å²) in [6, 6.07) is 9.53. The van der Waals surface area contributed by atoms with Crippen molar-refractivity contribution in [1.29, 1.82) is 0 Å². The molecule has 1 aliphatic heterocycles. The summed E-state index contributed by atoms with van der Waals surface area (Å²) in [5, 5.41) is 6.09. The Labute approximate surface area is 141 Å². The van der Waals surface area contributed by atoms with Crippen molar-refractivity contribution >= 4 is 17.4 Å². The lowest BCUT2D eigenvalue weighted by Gasteiger charge is -2.09. The maximum absolute atomic E-state index is 11.7. The number of nitrogens with zero attached hydrogens (tertiary/aromatic N) is 1. The van der Waals surface area contributed by atoms with Crippen LogP contribution in [-0.4, -0.2) is 17.7 Å². The molecule has 1 aromatic heterocycles. The first-order valence-corrected chi connectivity index (χ1v) is 7.98. The second kappa shape index (κ2) is 7.21. The molecule has 24 heavy (non-hydrogen) atoms. The number of nitrogens with one attached hydrogen (secondary N) is 2. The van der Waals surface area contributed by atoms with Crippen LogP contribution in [0.15, 0.2) is 36.5 Å². The van der Waals surface area contributed by atoms with Gasteiger partial charge < -0.3 is 20.1 Å². The molecule has 2 N–H and O–H groups in total. The number of benzene rings is 1. The summed E-state index contributed by atoms with van der Waals surface area (Å²) in [5.74, 6) is 2.63. The molecule has 0 atom stereocenters. The fourth-order valence-corrected chi connectivity index (χ4v) is 2.40. The lowest BCUT2D eigenvalue weighted by molar-refractivity contribution is -0.116. The molecule has 1 amide bonds. The van der Waals surface area contributed by atoms with Gasteiger partial charge in [0, 0.05) is 13.0 Å². The van der Waals surface area contributed by atoms with E-state index < -0.39 is 0 Å². The minimum absolute atomic E-state index is 0.00729. The molecular weight excluding hydrogens is 306 g/mol. The van der Waals surface area contributed by atoms with E-state index in [0.29, 0.717) is 24.6 Å². The average Bonchev–Trinajstić information content (AvgIpc) is 3.01. The molecule has 0 bridgehead atoms. The van der Waals surface area contributed by atoms with E-state index >= 15 is 0 Å². The molecular formula is C18H21N3O3. The number of anilines is 2. The predicted molar refractivity (Wildman–Crippen MR) is 92.2 cm³/mol. The maximum atomic E-state index is 11.7. The second-order valence-corrected chi connectivity index (χ2v) is 6.12. The molecule has 0 saturated carbocycles. The van der Waals surface area contributed by atoms with Gasteiger partial charge in [-0.15, -0.1) is 0 Å². The van der Waals surface area contributed by atoms with Gasteiger partial charge in [-0.1, -0.05) is 19.9 Å². The van der Waals surface area contributed by atoms with Crippen molar-refractivity contribution in [3.05, 3.63) is 42.1 Å². The molecule has 2 heterocycles. The van der Waals surface area contributed by atoms with E-state index in [-0.39, 0.29) is 12.7 Å². The van der Waals surface area contributed by atoms with E-state index in [1.807, 2.05) is 44.2 Å². The van der Waals surface area contributed by atoms with Crippen molar-refractivity contribution in [2.45, 2.75) is 26.8 Å². The molecule has 0 unspecified atom stereocenters. The monoisotopic (exact) mass is 327 g/mol. The van der Waals surface area contributed by atoms with Crippen LogP contribution in [-0.2, 0) is 11.3 Å². The topological polar surface area (TPSA) is 72.5 Å². The zero-order valence-electron chi connectivity index (χ0n) is 13.8. The summed E-state index contributed by atoms with van der Waals surface area (Å²) in [6.07, 6.45) is 2.16. The second-order valence-electron chi connectivity index (χ2n) is 6.12. The van der Waals surface area contributed by atoms with Gasteiger partial charge in [0.05, 0.1) is 11.9 Å². The Balaban J connectivity index is 1.53. The van der Waals surface area contributed by atoms with Gasteiger partial charge >= 0.3 is 0 Å². The highest BCUT2D eigenvalue weighted by Crippen LogP contribution is 2.32. The van der Waals surface area contributed by atoms with E-state index in [9.17, 15) is 4.79 Å². The maximum Gasteiger partial charge on any atom is 0.231 e. The van der Waals surface area contributed by atoms with Gasteiger partial charge in [0.2, 0.25) is 12.7 Å². The Hall–Kier alpha value is -2.76. The number of carbonyl (C=O) groups is 1. The van der Waals surface area contributed by atoms with Crippen LogP contribution >= 0.6 is 0 Å². The van der Waals surface area contributed by atoms with Crippen LogP contribution in [0.1, 0.15) is 25.8 Å². The molecule has 0 fully saturated rings. The van der Waals surface area contributed by atoms with E-state index in [2.05, 4.69) is 15.6 Å². The fraction of sp³-hybridized carbons (Fsp3) is 0.333. The summed E-state index contributed by atoms with van der Waals surface area (Å²) >= 11 is 0. The Kier molecular flexibility index (Phi) is 4.84. The number of amides is 1. The highest BCUT2D eigenvalue weighted by Gasteiger charge is 2.13. The number of aromatic nitrogens is 1. The minimum Gasteiger partial charge on any atom is -0.454 e. The van der Waals surface area contributed by atoms with Crippen LogP contribution in [0.5, 0.6) is 11.5 Å². The summed E-state index contributed by atoms with van der Waals surface area (Å²) in [5.41, 5.74) is 1.78. The molecule has 6 nitrogen and oxygen atoms in total. The SMILES string of the molecule is CC(C)CC(=O)Nc1ccc(NCc2ccc3c(c2)OCO3)nc1. The third-order valence-corrected chi connectivity index (χ3v) is 3.55. The van der Waals surface area contributed by atoms with Crippen molar-refractivity contribution in [3.8, 4) is 11.5 Å². The molecule has 0 aliphatic carbocycles. The first-order valence-electron chi connectivity index (χ1n) is 7.98. The number of fused-ring (bicyclic) bond motifs is 1. The molecule has 1 aromatic carbocycles. The quantitative estimate of drug-likeness (QED) is 0.850. The molecule has 3 rings (SSSR count). The van der Waals surface area contributed by atoms with Gasteiger partial charge in [-0.05, 0) is 35.7 Å². The first-order chi connectivity index (χ1) is 11.6. The number of hydrogen-bond acceptors (Lipinski definition) is 5. The van der Waals surface area contributed by atoms with E-state index in [1.54, 1.807) is 6.20 Å². The zero-order chi connectivity index (χ0) is 16.9. The fourth-order valence-electron chi connectivity index (χ4n) is 2.40. The van der Waals surface area contributed by atoms with E-state index in [4.69, 9.17) is 9.47 Å². The standard InChI is InChI=1S/C18H21N3O3/c1-12(2)7-18(22)21-14-4-6-17(20-10-14)19-9-13-3-5-15-16(8-13)24-11-23-15/h3-6,8,10,12H,7,9,11H2,1-2H3,(H,19,20)(H,21,22). The van der Waals surface area contributed by atoms with Crippen LogP contribution in [0.25, 0.3) is 0 Å². The predicted octanol–water partition coefficient (Wildman–Crippen LogP) is 3.41. The van der Waals surface area contributed by atoms with E-state index in [0.717, 1.165) is 22.9 Å². The Morgan fingerprint density at radius 3 is 2.79 bits per heavy atom. The smallest absolute Gasteiger partial charge is 0.231 e. The first kappa shape index (κ1) is 16.1. The molecule has 6 heteroatoms. The normalized spacial score (nSPS) is 12.3. The van der Waals surface area contributed by atoms with Crippen molar-refractivity contribution in [1.82, 2.24) is 4.98 Å². The van der Waals surface area contributed by atoms with Crippen LogP contribution in [0.2, 0.25) is 0 Å². The van der Waals surface area contributed by atoms with Crippen LogP contribution in [0.3, 0.4) is 0 Å². The van der Waals surface area contributed by atoms with Crippen LogP contribution < -0.4 is 20.1 Å². The van der Waals surface area contributed by atoms with Gasteiger partial charge in [-0.3, -0.25) is 4.79 Å². The van der Waals surface area contributed by atoms with Gasteiger partial charge in [0.1, 0.15) is 5.82 Å². The van der Waals surface area contributed by atoms with Gasteiger partial charge in [0.25, 0.3) is 0 Å². The Morgan fingerprint density at radius 2 is 2.04 bits per heavy atom. The molecule has 0 saturated heterocycles. The highest BCUT2D eigenvalue weighted by molar-refractivity contribution is 5.90. The zero-order valence-corrected chi connectivity index (χ0v) is 13.8. The van der Waals surface area contributed by atoms with Crippen molar-refractivity contribution < 1.29 is 14.3 Å². The lowest BCUT2D eigenvalue weighted by Crippen LogP contribution is -2.14. The average molecular weight is 327 g/mol. The lowest BCUT2D eigenvalue weighted by atomic mass is 10.1. The summed E-state index contributed by atoms with van der Waals surface area (Å²) in [6.45, 7) is 4.93. The van der Waals surface area contributed by atoms with Crippen LogP contribution in [0, 0.1) is 5.92 Å². The van der Waals surface area contributed by atoms with Gasteiger partial charge in [-0.2, -0.15) is 0 Å². The molecule has 126 valence electrons. The summed E-state index contributed by atoms with van der Waals surface area (Å²) < 4.78 is 10.7. The number of ether oxygens (including phenoxy) is 2. The summed E-state index contributed by atoms with van der Waals surface area (Å²) in [4.78, 5) is 16.1. The third kappa shape index (κ3) is 4.16. The van der Waals surface area contributed by atoms with Gasteiger partial charge in [-0.25, -0.2) is 4.98 Å². The largest absolute Gasteiger partial charge is 0.454 e. The number of hydrogen-bond donors (Lipinski definition) is 2. The van der Waals surface area contributed by atoms with Crippen molar-refractivity contribution in [2.75, 3.05) is 17.4 Å². The van der Waals surface area contributed by atoms with E-state index in [1.165, 1.54) is 0 Å². The molecule has 0 spiro atoms.